The van der Waals surface area contributed by atoms with Gasteiger partial charge in [0.1, 0.15) is 0 Å². The molecule has 1 fully saturated rings. The van der Waals surface area contributed by atoms with E-state index >= 15 is 0 Å². The minimum atomic E-state index is 0.319. The van der Waals surface area contributed by atoms with Crippen molar-refractivity contribution in [1.29, 1.82) is 0 Å². The second-order valence-electron chi connectivity index (χ2n) is 6.61. The molecule has 0 bridgehead atoms. The first-order chi connectivity index (χ1) is 12.3. The maximum atomic E-state index is 12.4. The number of piperidine rings is 1. The maximum Gasteiger partial charge on any atom is 0.222 e. The number of thiazole rings is 1. The van der Waals surface area contributed by atoms with Crippen LogP contribution in [0.1, 0.15) is 41.5 Å². The Balaban J connectivity index is 1.28. The highest BCUT2D eigenvalue weighted by Gasteiger charge is 2.25. The molecule has 0 atom stereocenters. The van der Waals surface area contributed by atoms with Crippen molar-refractivity contribution in [3.63, 3.8) is 0 Å². The van der Waals surface area contributed by atoms with Crippen LogP contribution in [0, 0.1) is 0 Å². The van der Waals surface area contributed by atoms with Gasteiger partial charge in [-0.15, -0.1) is 22.7 Å². The van der Waals surface area contributed by atoms with E-state index in [2.05, 4.69) is 40.6 Å². The summed E-state index contributed by atoms with van der Waals surface area (Å²) in [7, 11) is 0. The maximum absolute atomic E-state index is 12.4. The number of rotatable bonds is 5. The smallest absolute Gasteiger partial charge is 0.222 e. The Morgan fingerprint density at radius 2 is 2.00 bits per heavy atom. The molecule has 3 nitrogen and oxygen atoms in total. The minimum Gasteiger partial charge on any atom is -0.343 e. The molecule has 1 aromatic carbocycles. The number of carbonyl (C=O) groups is 1. The van der Waals surface area contributed by atoms with Crippen LogP contribution >= 0.6 is 22.7 Å². The van der Waals surface area contributed by atoms with Gasteiger partial charge in [-0.2, -0.15) is 0 Å². The number of nitrogens with zero attached hydrogens (tertiary/aromatic N) is 2. The van der Waals surface area contributed by atoms with Crippen LogP contribution in [0.3, 0.4) is 0 Å². The van der Waals surface area contributed by atoms with Gasteiger partial charge in [-0.1, -0.05) is 18.2 Å². The fraction of sp³-hybridized carbons (Fsp3) is 0.400. The summed E-state index contributed by atoms with van der Waals surface area (Å²) in [5, 5.41) is 3.34. The SMILES string of the molecule is O=C(CCCc1cccs1)N1CCC(c2nc3ccccc3s2)CC1. The monoisotopic (exact) mass is 370 g/mol. The van der Waals surface area contributed by atoms with Crippen molar-refractivity contribution < 1.29 is 4.79 Å². The van der Waals surface area contributed by atoms with Gasteiger partial charge in [-0.05, 0) is 49.3 Å². The zero-order chi connectivity index (χ0) is 17.1. The average molecular weight is 371 g/mol. The number of fused-ring (bicyclic) bond motifs is 1. The Bertz CT molecular complexity index is 799. The van der Waals surface area contributed by atoms with E-state index in [9.17, 15) is 4.79 Å². The summed E-state index contributed by atoms with van der Waals surface area (Å²) >= 11 is 3.59. The van der Waals surface area contributed by atoms with Gasteiger partial charge in [0.15, 0.2) is 0 Å². The van der Waals surface area contributed by atoms with Crippen LogP contribution in [0.15, 0.2) is 41.8 Å². The molecular formula is C20H22N2OS2. The predicted octanol–water partition coefficient (Wildman–Crippen LogP) is 5.09. The molecule has 1 saturated heterocycles. The third-order valence-corrected chi connectivity index (χ3v) is 7.04. The van der Waals surface area contributed by atoms with Gasteiger partial charge in [0.25, 0.3) is 0 Å². The number of thiophene rings is 1. The van der Waals surface area contributed by atoms with Gasteiger partial charge in [0.2, 0.25) is 5.91 Å². The van der Waals surface area contributed by atoms with Crippen molar-refractivity contribution >= 4 is 38.8 Å². The molecule has 0 N–H and O–H groups in total. The van der Waals surface area contributed by atoms with E-state index in [-0.39, 0.29) is 0 Å². The molecule has 130 valence electrons. The molecule has 25 heavy (non-hydrogen) atoms. The Morgan fingerprint density at radius 3 is 2.76 bits per heavy atom. The first-order valence-electron chi connectivity index (χ1n) is 8.95. The lowest BCUT2D eigenvalue weighted by Gasteiger charge is -2.31. The summed E-state index contributed by atoms with van der Waals surface area (Å²) in [5.74, 6) is 0.826. The lowest BCUT2D eigenvalue weighted by atomic mass is 9.97. The van der Waals surface area contributed by atoms with E-state index in [1.807, 2.05) is 17.4 Å². The Kier molecular flexibility index (Phi) is 5.13. The summed E-state index contributed by atoms with van der Waals surface area (Å²) in [5.41, 5.74) is 1.11. The lowest BCUT2D eigenvalue weighted by Crippen LogP contribution is -2.37. The zero-order valence-corrected chi connectivity index (χ0v) is 15.8. The highest BCUT2D eigenvalue weighted by atomic mass is 32.1. The fourth-order valence-electron chi connectivity index (χ4n) is 3.47. The van der Waals surface area contributed by atoms with E-state index in [4.69, 9.17) is 4.98 Å². The molecule has 1 amide bonds. The molecule has 1 aliphatic rings. The molecule has 4 rings (SSSR count). The van der Waals surface area contributed by atoms with Crippen molar-refractivity contribution in [2.24, 2.45) is 0 Å². The average Bonchev–Trinajstić information content (AvgIpc) is 3.31. The highest BCUT2D eigenvalue weighted by Crippen LogP contribution is 2.33. The quantitative estimate of drug-likeness (QED) is 0.627. The van der Waals surface area contributed by atoms with Crippen LogP contribution in [-0.2, 0) is 11.2 Å². The van der Waals surface area contributed by atoms with E-state index in [1.54, 1.807) is 11.3 Å². The first kappa shape index (κ1) is 16.7. The third-order valence-electron chi connectivity index (χ3n) is 4.90. The van der Waals surface area contributed by atoms with Crippen LogP contribution in [0.25, 0.3) is 10.2 Å². The Morgan fingerprint density at radius 1 is 1.16 bits per heavy atom. The molecule has 0 saturated carbocycles. The number of hydrogen-bond donors (Lipinski definition) is 0. The molecule has 3 heterocycles. The van der Waals surface area contributed by atoms with E-state index in [0.717, 1.165) is 44.3 Å². The Hall–Kier alpha value is -1.72. The fourth-order valence-corrected chi connectivity index (χ4v) is 5.36. The van der Waals surface area contributed by atoms with Crippen LogP contribution in [0.5, 0.6) is 0 Å². The number of para-hydroxylation sites is 1. The summed E-state index contributed by atoms with van der Waals surface area (Å²) in [6.45, 7) is 1.75. The van der Waals surface area contributed by atoms with Gasteiger partial charge in [-0.25, -0.2) is 4.98 Å². The number of benzene rings is 1. The van der Waals surface area contributed by atoms with Crippen LogP contribution < -0.4 is 0 Å². The molecule has 0 radical (unpaired) electrons. The summed E-state index contributed by atoms with van der Waals surface area (Å²) < 4.78 is 1.27. The lowest BCUT2D eigenvalue weighted by molar-refractivity contribution is -0.132. The van der Waals surface area contributed by atoms with E-state index < -0.39 is 0 Å². The van der Waals surface area contributed by atoms with Crippen molar-refractivity contribution in [2.45, 2.75) is 38.0 Å². The minimum absolute atomic E-state index is 0.319. The number of aryl methyl sites for hydroxylation is 1. The zero-order valence-electron chi connectivity index (χ0n) is 14.2. The van der Waals surface area contributed by atoms with Gasteiger partial charge in [0.05, 0.1) is 15.2 Å². The largest absolute Gasteiger partial charge is 0.343 e. The van der Waals surface area contributed by atoms with Crippen molar-refractivity contribution in [3.05, 3.63) is 51.7 Å². The van der Waals surface area contributed by atoms with E-state index in [0.29, 0.717) is 18.2 Å². The van der Waals surface area contributed by atoms with Crippen molar-refractivity contribution in [2.75, 3.05) is 13.1 Å². The van der Waals surface area contributed by atoms with Crippen LogP contribution in [0.2, 0.25) is 0 Å². The predicted molar refractivity (Wildman–Crippen MR) is 105 cm³/mol. The summed E-state index contributed by atoms with van der Waals surface area (Å²) in [6.07, 6.45) is 4.72. The molecule has 5 heteroatoms. The molecule has 0 spiro atoms. The third kappa shape index (κ3) is 3.93. The second kappa shape index (κ2) is 7.67. The number of carbonyl (C=O) groups excluding carboxylic acids is 1. The standard InChI is InChI=1S/C20H22N2OS2/c23-19(9-3-5-16-6-4-14-24-16)22-12-10-15(11-13-22)20-21-17-7-1-2-8-18(17)25-20/h1-2,4,6-8,14-15H,3,5,9-13H2. The number of amides is 1. The molecule has 0 aliphatic carbocycles. The summed E-state index contributed by atoms with van der Waals surface area (Å²) in [4.78, 5) is 20.7. The first-order valence-corrected chi connectivity index (χ1v) is 10.6. The van der Waals surface area contributed by atoms with Gasteiger partial charge in [0, 0.05) is 30.3 Å². The highest BCUT2D eigenvalue weighted by molar-refractivity contribution is 7.18. The van der Waals surface area contributed by atoms with Crippen LogP contribution in [-0.4, -0.2) is 28.9 Å². The van der Waals surface area contributed by atoms with Crippen molar-refractivity contribution in [1.82, 2.24) is 9.88 Å². The Labute approximate surface area is 156 Å². The molecule has 3 aromatic rings. The van der Waals surface area contributed by atoms with Gasteiger partial charge in [-0.3, -0.25) is 4.79 Å². The van der Waals surface area contributed by atoms with Crippen molar-refractivity contribution in [3.8, 4) is 0 Å². The second-order valence-corrected chi connectivity index (χ2v) is 8.70. The van der Waals surface area contributed by atoms with Crippen LogP contribution in [0.4, 0.5) is 0 Å². The number of aromatic nitrogens is 1. The number of hydrogen-bond acceptors (Lipinski definition) is 4. The van der Waals surface area contributed by atoms with Gasteiger partial charge >= 0.3 is 0 Å². The number of likely N-dealkylation sites (tertiary alicyclic amines) is 1. The van der Waals surface area contributed by atoms with Gasteiger partial charge < -0.3 is 4.90 Å². The molecule has 2 aromatic heterocycles. The molecule has 1 aliphatic heterocycles. The summed E-state index contributed by atoms with van der Waals surface area (Å²) in [6, 6.07) is 12.6. The normalized spacial score (nSPS) is 15.8. The van der Waals surface area contributed by atoms with E-state index in [1.165, 1.54) is 14.6 Å². The molecular weight excluding hydrogens is 348 g/mol. The topological polar surface area (TPSA) is 33.2 Å². The molecule has 0 unspecified atom stereocenters.